The number of unbranched alkanes of at least 4 members (excludes halogenated alkanes) is 1. The Kier molecular flexibility index (Phi) is 8.35. The second kappa shape index (κ2) is 11.8. The van der Waals surface area contributed by atoms with Crippen LogP contribution >= 0.6 is 0 Å². The summed E-state index contributed by atoms with van der Waals surface area (Å²) < 4.78 is 5.55. The van der Waals surface area contributed by atoms with Crippen molar-refractivity contribution in [3.05, 3.63) is 65.5 Å². The lowest BCUT2D eigenvalue weighted by Gasteiger charge is -2.21. The molecule has 1 aromatic heterocycles. The van der Waals surface area contributed by atoms with Crippen molar-refractivity contribution in [2.24, 2.45) is 5.92 Å². The van der Waals surface area contributed by atoms with Gasteiger partial charge in [0.15, 0.2) is 0 Å². The Bertz CT molecular complexity index is 1150. The second-order valence-corrected chi connectivity index (χ2v) is 9.48. The molecule has 1 heterocycles. The minimum atomic E-state index is -0.907. The first-order valence-corrected chi connectivity index (χ1v) is 12.7. The molecule has 1 aliphatic rings. The van der Waals surface area contributed by atoms with Crippen molar-refractivity contribution in [2.75, 3.05) is 6.54 Å². The smallest absolute Gasteiger partial charge is 0.307 e. The van der Waals surface area contributed by atoms with Crippen molar-refractivity contribution in [3.8, 4) is 22.6 Å². The molecule has 6 heteroatoms. The van der Waals surface area contributed by atoms with E-state index in [9.17, 15) is 14.7 Å². The van der Waals surface area contributed by atoms with E-state index in [0.29, 0.717) is 23.6 Å². The van der Waals surface area contributed by atoms with Crippen molar-refractivity contribution in [2.45, 2.75) is 64.7 Å². The Morgan fingerprint density at radius 1 is 1.06 bits per heavy atom. The maximum Gasteiger partial charge on any atom is 0.307 e. The van der Waals surface area contributed by atoms with E-state index >= 15 is 0 Å². The highest BCUT2D eigenvalue weighted by Crippen LogP contribution is 2.37. The van der Waals surface area contributed by atoms with Crippen molar-refractivity contribution in [1.82, 2.24) is 10.3 Å². The zero-order valence-electron chi connectivity index (χ0n) is 20.4. The number of nitrogens with zero attached hydrogens (tertiary/aromatic N) is 1. The Balaban J connectivity index is 1.56. The molecule has 6 nitrogen and oxygen atoms in total. The van der Waals surface area contributed by atoms with Gasteiger partial charge in [-0.3, -0.25) is 9.59 Å². The number of aromatic nitrogens is 1. The molecule has 35 heavy (non-hydrogen) atoms. The summed E-state index contributed by atoms with van der Waals surface area (Å²) in [4.78, 5) is 29.1. The zero-order valence-corrected chi connectivity index (χ0v) is 20.4. The first-order valence-electron chi connectivity index (χ1n) is 12.7. The van der Waals surface area contributed by atoms with Crippen LogP contribution < -0.4 is 5.32 Å². The molecule has 0 spiro atoms. The predicted octanol–water partition coefficient (Wildman–Crippen LogP) is 6.42. The Hall–Kier alpha value is -3.41. The van der Waals surface area contributed by atoms with E-state index in [2.05, 4.69) is 10.3 Å². The molecule has 0 aliphatic heterocycles. The molecule has 1 saturated carbocycles. The van der Waals surface area contributed by atoms with E-state index in [1.807, 2.05) is 31.2 Å². The zero-order chi connectivity index (χ0) is 24.6. The van der Waals surface area contributed by atoms with Gasteiger partial charge >= 0.3 is 5.97 Å². The van der Waals surface area contributed by atoms with Gasteiger partial charge in [-0.15, -0.1) is 0 Å². The number of carboxylic acid groups (broad SMARTS) is 1. The van der Waals surface area contributed by atoms with Crippen molar-refractivity contribution < 1.29 is 19.1 Å². The largest absolute Gasteiger partial charge is 0.481 e. The highest BCUT2D eigenvalue weighted by molar-refractivity contribution is 6.03. The lowest BCUT2D eigenvalue weighted by molar-refractivity contribution is -0.136. The summed E-state index contributed by atoms with van der Waals surface area (Å²) in [5, 5.41) is 12.5. The minimum Gasteiger partial charge on any atom is -0.481 e. The number of hydrogen-bond donors (Lipinski definition) is 2. The standard InChI is InChI=1S/C29H34N2O4/c1-20-22(19-26(32)33)14-15-25(28(34)30-16-8-7-11-21-9-3-2-4-10-21)27(20)23-12-5-6-13-24(23)29-31-17-18-35-29/h5-6,12-15,17-18,21H,2-4,7-11,16,19H2,1H3,(H,30,34)(H,32,33). The Morgan fingerprint density at radius 2 is 1.83 bits per heavy atom. The number of aliphatic carboxylic acids is 1. The number of nitrogens with one attached hydrogen (secondary N) is 1. The molecule has 0 saturated heterocycles. The van der Waals surface area contributed by atoms with Gasteiger partial charge in [0.1, 0.15) is 6.26 Å². The maximum atomic E-state index is 13.3. The summed E-state index contributed by atoms with van der Waals surface area (Å²) in [7, 11) is 0. The number of rotatable bonds is 10. The van der Waals surface area contributed by atoms with Gasteiger partial charge in [0.25, 0.3) is 5.91 Å². The third-order valence-corrected chi connectivity index (χ3v) is 7.07. The molecule has 2 N–H and O–H groups in total. The number of carbonyl (C=O) groups excluding carboxylic acids is 1. The van der Waals surface area contributed by atoms with E-state index in [-0.39, 0.29) is 12.3 Å². The lowest BCUT2D eigenvalue weighted by atomic mass is 9.86. The molecule has 0 bridgehead atoms. The summed E-state index contributed by atoms with van der Waals surface area (Å²) in [6.07, 6.45) is 13.1. The van der Waals surface area contributed by atoms with Gasteiger partial charge in [0.2, 0.25) is 5.89 Å². The molecule has 0 atom stereocenters. The number of benzene rings is 2. The predicted molar refractivity (Wildman–Crippen MR) is 136 cm³/mol. The molecule has 0 unspecified atom stereocenters. The molecule has 0 radical (unpaired) electrons. The highest BCUT2D eigenvalue weighted by Gasteiger charge is 2.22. The van der Waals surface area contributed by atoms with Crippen LogP contribution in [-0.2, 0) is 11.2 Å². The summed E-state index contributed by atoms with van der Waals surface area (Å²) in [6.45, 7) is 2.50. The fourth-order valence-corrected chi connectivity index (χ4v) is 5.22. The second-order valence-electron chi connectivity index (χ2n) is 9.48. The fraction of sp³-hybridized carbons (Fsp3) is 0.414. The van der Waals surface area contributed by atoms with Crippen molar-refractivity contribution >= 4 is 11.9 Å². The molecule has 1 amide bonds. The van der Waals surface area contributed by atoms with Crippen LogP contribution in [0.25, 0.3) is 22.6 Å². The molecular weight excluding hydrogens is 440 g/mol. The highest BCUT2D eigenvalue weighted by atomic mass is 16.4. The number of amides is 1. The number of hydrogen-bond acceptors (Lipinski definition) is 4. The number of carbonyl (C=O) groups is 2. The monoisotopic (exact) mass is 474 g/mol. The van der Waals surface area contributed by atoms with Crippen LogP contribution in [0, 0.1) is 12.8 Å². The molecule has 2 aromatic carbocycles. The van der Waals surface area contributed by atoms with Gasteiger partial charge in [-0.25, -0.2) is 4.98 Å². The van der Waals surface area contributed by atoms with Gasteiger partial charge in [-0.2, -0.15) is 0 Å². The third-order valence-electron chi connectivity index (χ3n) is 7.07. The van der Waals surface area contributed by atoms with Crippen molar-refractivity contribution in [3.63, 3.8) is 0 Å². The SMILES string of the molecule is Cc1c(CC(=O)O)ccc(C(=O)NCCCCC2CCCCC2)c1-c1ccccc1-c1ncco1. The number of oxazole rings is 1. The maximum absolute atomic E-state index is 13.3. The van der Waals surface area contributed by atoms with Crippen LogP contribution in [0.5, 0.6) is 0 Å². The van der Waals surface area contributed by atoms with Crippen molar-refractivity contribution in [1.29, 1.82) is 0 Å². The van der Waals surface area contributed by atoms with E-state index < -0.39 is 5.97 Å². The van der Waals surface area contributed by atoms with E-state index in [1.54, 1.807) is 18.3 Å². The summed E-state index contributed by atoms with van der Waals surface area (Å²) in [5.41, 5.74) is 4.26. The number of carboxylic acids is 1. The summed E-state index contributed by atoms with van der Waals surface area (Å²) >= 11 is 0. The fourth-order valence-electron chi connectivity index (χ4n) is 5.22. The molecule has 1 fully saturated rings. The summed E-state index contributed by atoms with van der Waals surface area (Å²) in [6, 6.07) is 11.1. The normalized spacial score (nSPS) is 14.1. The average Bonchev–Trinajstić information content (AvgIpc) is 3.40. The van der Waals surface area contributed by atoms with Crippen LogP contribution in [0.1, 0.15) is 72.9 Å². The van der Waals surface area contributed by atoms with E-state index in [0.717, 1.165) is 41.0 Å². The molecule has 3 aromatic rings. The Labute approximate surface area is 206 Å². The van der Waals surface area contributed by atoms with Gasteiger partial charge < -0.3 is 14.8 Å². The van der Waals surface area contributed by atoms with Gasteiger partial charge in [-0.05, 0) is 53.6 Å². The summed E-state index contributed by atoms with van der Waals surface area (Å²) in [5.74, 6) is 0.250. The Morgan fingerprint density at radius 3 is 2.54 bits per heavy atom. The van der Waals surface area contributed by atoms with Gasteiger partial charge in [0, 0.05) is 17.7 Å². The van der Waals surface area contributed by atoms with E-state index in [4.69, 9.17) is 4.42 Å². The average molecular weight is 475 g/mol. The molecule has 184 valence electrons. The lowest BCUT2D eigenvalue weighted by Crippen LogP contribution is -2.25. The van der Waals surface area contributed by atoms with E-state index in [1.165, 1.54) is 44.8 Å². The van der Waals surface area contributed by atoms with Crippen LogP contribution in [-0.4, -0.2) is 28.5 Å². The van der Waals surface area contributed by atoms with Crippen LogP contribution in [0.2, 0.25) is 0 Å². The van der Waals surface area contributed by atoms with Crippen LogP contribution in [0.15, 0.2) is 53.3 Å². The molecule has 1 aliphatic carbocycles. The quantitative estimate of drug-likeness (QED) is 0.331. The first kappa shape index (κ1) is 24.7. The van der Waals surface area contributed by atoms with Crippen LogP contribution in [0.4, 0.5) is 0 Å². The molecule has 4 rings (SSSR count). The van der Waals surface area contributed by atoms with Crippen LogP contribution in [0.3, 0.4) is 0 Å². The van der Waals surface area contributed by atoms with Gasteiger partial charge in [-0.1, -0.05) is 69.2 Å². The first-order chi connectivity index (χ1) is 17.0. The topological polar surface area (TPSA) is 92.4 Å². The molecular formula is C29H34N2O4. The third kappa shape index (κ3) is 6.18. The van der Waals surface area contributed by atoms with Gasteiger partial charge in [0.05, 0.1) is 12.6 Å². The minimum absolute atomic E-state index is 0.108.